The van der Waals surface area contributed by atoms with Crippen LogP contribution in [0.15, 0.2) is 36.8 Å². The molecule has 1 aromatic carbocycles. The SMILES string of the molecule is O=C(O)C1CCCCN1c1ncnc2c1cnn2-c1ccc(F)cc1. The second-order valence-corrected chi connectivity index (χ2v) is 6.01. The first kappa shape index (κ1) is 15.5. The summed E-state index contributed by atoms with van der Waals surface area (Å²) in [5.74, 6) is -0.601. The van der Waals surface area contributed by atoms with Crippen molar-refractivity contribution in [2.75, 3.05) is 11.4 Å². The minimum absolute atomic E-state index is 0.326. The molecule has 1 N–H and O–H groups in total. The van der Waals surface area contributed by atoms with E-state index in [4.69, 9.17) is 0 Å². The van der Waals surface area contributed by atoms with Gasteiger partial charge in [-0.1, -0.05) is 0 Å². The fourth-order valence-electron chi connectivity index (χ4n) is 3.27. The highest BCUT2D eigenvalue weighted by molar-refractivity contribution is 5.90. The predicted octanol–water partition coefficient (Wildman–Crippen LogP) is 2.40. The molecule has 0 spiro atoms. The number of hydrogen-bond donors (Lipinski definition) is 1. The Morgan fingerprint density at radius 1 is 1.20 bits per heavy atom. The first-order valence-corrected chi connectivity index (χ1v) is 8.09. The van der Waals surface area contributed by atoms with E-state index in [9.17, 15) is 14.3 Å². The molecule has 0 amide bonds. The van der Waals surface area contributed by atoms with Gasteiger partial charge in [-0.2, -0.15) is 5.10 Å². The number of aliphatic carboxylic acids is 1. The van der Waals surface area contributed by atoms with Crippen LogP contribution in [-0.2, 0) is 4.79 Å². The average molecular weight is 341 g/mol. The molecule has 0 radical (unpaired) electrons. The molecule has 2 aromatic heterocycles. The van der Waals surface area contributed by atoms with Gasteiger partial charge in [0, 0.05) is 6.54 Å². The summed E-state index contributed by atoms with van der Waals surface area (Å²) < 4.78 is 14.7. The molecule has 0 saturated carbocycles. The minimum atomic E-state index is -0.850. The highest BCUT2D eigenvalue weighted by atomic mass is 19.1. The normalized spacial score (nSPS) is 17.8. The van der Waals surface area contributed by atoms with Gasteiger partial charge in [0.1, 0.15) is 24.0 Å². The second kappa shape index (κ2) is 6.12. The summed E-state index contributed by atoms with van der Waals surface area (Å²) >= 11 is 0. The molecule has 3 heterocycles. The lowest BCUT2D eigenvalue weighted by atomic mass is 10.0. The van der Waals surface area contributed by atoms with Gasteiger partial charge in [-0.25, -0.2) is 23.8 Å². The maximum absolute atomic E-state index is 13.2. The lowest BCUT2D eigenvalue weighted by molar-refractivity contribution is -0.139. The van der Waals surface area contributed by atoms with Gasteiger partial charge in [-0.05, 0) is 43.5 Å². The van der Waals surface area contributed by atoms with Crippen LogP contribution in [0.5, 0.6) is 0 Å². The molecule has 0 aliphatic carbocycles. The quantitative estimate of drug-likeness (QED) is 0.787. The van der Waals surface area contributed by atoms with Crippen molar-refractivity contribution in [3.8, 4) is 5.69 Å². The zero-order chi connectivity index (χ0) is 17.4. The van der Waals surface area contributed by atoms with Crippen LogP contribution in [0.2, 0.25) is 0 Å². The monoisotopic (exact) mass is 341 g/mol. The molecule has 1 aliphatic rings. The third-order valence-electron chi connectivity index (χ3n) is 4.48. The Bertz CT molecular complexity index is 924. The van der Waals surface area contributed by atoms with Crippen molar-refractivity contribution in [3.63, 3.8) is 0 Å². The zero-order valence-electron chi connectivity index (χ0n) is 13.3. The van der Waals surface area contributed by atoms with Crippen molar-refractivity contribution in [3.05, 3.63) is 42.6 Å². The molecular formula is C17H16FN5O2. The molecule has 1 saturated heterocycles. The Kier molecular flexibility index (Phi) is 3.79. The van der Waals surface area contributed by atoms with Crippen molar-refractivity contribution in [2.45, 2.75) is 25.3 Å². The van der Waals surface area contributed by atoms with E-state index >= 15 is 0 Å². The predicted molar refractivity (Wildman–Crippen MR) is 89.2 cm³/mol. The Labute approximate surface area is 142 Å². The smallest absolute Gasteiger partial charge is 0.326 e. The van der Waals surface area contributed by atoms with Crippen molar-refractivity contribution in [1.29, 1.82) is 0 Å². The van der Waals surface area contributed by atoms with Gasteiger partial charge in [0.05, 0.1) is 17.3 Å². The number of carboxylic acids is 1. The number of benzene rings is 1. The van der Waals surface area contributed by atoms with Gasteiger partial charge in [-0.15, -0.1) is 0 Å². The van der Waals surface area contributed by atoms with Gasteiger partial charge in [0.15, 0.2) is 5.65 Å². The van der Waals surface area contributed by atoms with E-state index in [1.165, 1.54) is 18.5 Å². The number of carbonyl (C=O) groups is 1. The van der Waals surface area contributed by atoms with E-state index in [0.29, 0.717) is 35.5 Å². The highest BCUT2D eigenvalue weighted by Gasteiger charge is 2.31. The number of fused-ring (bicyclic) bond motifs is 1. The Hall–Kier alpha value is -3.03. The van der Waals surface area contributed by atoms with Crippen LogP contribution < -0.4 is 4.90 Å². The van der Waals surface area contributed by atoms with E-state index in [2.05, 4.69) is 15.1 Å². The second-order valence-electron chi connectivity index (χ2n) is 6.01. The Morgan fingerprint density at radius 2 is 2.00 bits per heavy atom. The number of carboxylic acid groups (broad SMARTS) is 1. The van der Waals surface area contributed by atoms with E-state index < -0.39 is 12.0 Å². The van der Waals surface area contributed by atoms with Crippen molar-refractivity contribution >= 4 is 22.8 Å². The molecule has 25 heavy (non-hydrogen) atoms. The fourth-order valence-corrected chi connectivity index (χ4v) is 3.27. The lowest BCUT2D eigenvalue weighted by Gasteiger charge is -2.33. The van der Waals surface area contributed by atoms with Crippen LogP contribution in [0.4, 0.5) is 10.2 Å². The minimum Gasteiger partial charge on any atom is -0.480 e. The summed E-state index contributed by atoms with van der Waals surface area (Å²) in [6, 6.07) is 5.35. The van der Waals surface area contributed by atoms with Gasteiger partial charge in [-0.3, -0.25) is 0 Å². The van der Waals surface area contributed by atoms with E-state index in [1.807, 2.05) is 4.90 Å². The molecule has 1 fully saturated rings. The summed E-state index contributed by atoms with van der Waals surface area (Å²) in [6.45, 7) is 0.630. The zero-order valence-corrected chi connectivity index (χ0v) is 13.3. The Morgan fingerprint density at radius 3 is 2.76 bits per heavy atom. The highest BCUT2D eigenvalue weighted by Crippen LogP contribution is 2.29. The van der Waals surface area contributed by atoms with Crippen LogP contribution in [0.25, 0.3) is 16.7 Å². The average Bonchev–Trinajstić information content (AvgIpc) is 3.06. The number of nitrogens with zero attached hydrogens (tertiary/aromatic N) is 5. The third-order valence-corrected chi connectivity index (χ3v) is 4.48. The molecule has 1 unspecified atom stereocenters. The number of anilines is 1. The van der Waals surface area contributed by atoms with E-state index in [-0.39, 0.29) is 5.82 Å². The topological polar surface area (TPSA) is 84.1 Å². The molecule has 4 rings (SSSR count). The molecule has 7 nitrogen and oxygen atoms in total. The van der Waals surface area contributed by atoms with Gasteiger partial charge >= 0.3 is 5.97 Å². The standard InChI is InChI=1S/C17H16FN5O2/c18-11-4-6-12(7-5-11)23-16-13(9-21-23)15(19-10-20-16)22-8-2-1-3-14(22)17(24)25/h4-7,9-10,14H,1-3,8H2,(H,24,25). The van der Waals surface area contributed by atoms with Crippen LogP contribution in [-0.4, -0.2) is 43.4 Å². The van der Waals surface area contributed by atoms with Crippen LogP contribution in [0.1, 0.15) is 19.3 Å². The van der Waals surface area contributed by atoms with Crippen LogP contribution in [0.3, 0.4) is 0 Å². The summed E-state index contributed by atoms with van der Waals surface area (Å²) in [5.41, 5.74) is 1.24. The maximum Gasteiger partial charge on any atom is 0.326 e. The molecule has 1 aliphatic heterocycles. The van der Waals surface area contributed by atoms with Crippen molar-refractivity contribution in [1.82, 2.24) is 19.7 Å². The summed E-state index contributed by atoms with van der Waals surface area (Å²) in [7, 11) is 0. The van der Waals surface area contributed by atoms with Crippen molar-refractivity contribution < 1.29 is 14.3 Å². The first-order chi connectivity index (χ1) is 12.1. The number of rotatable bonds is 3. The third kappa shape index (κ3) is 2.69. The largest absolute Gasteiger partial charge is 0.480 e. The summed E-state index contributed by atoms with van der Waals surface area (Å²) in [6.07, 6.45) is 5.43. The molecule has 0 bridgehead atoms. The lowest BCUT2D eigenvalue weighted by Crippen LogP contribution is -2.45. The molecule has 3 aromatic rings. The first-order valence-electron chi connectivity index (χ1n) is 8.09. The van der Waals surface area contributed by atoms with E-state index in [0.717, 1.165) is 12.8 Å². The number of halogens is 1. The number of aromatic nitrogens is 4. The van der Waals surface area contributed by atoms with E-state index in [1.54, 1.807) is 23.0 Å². The number of hydrogen-bond acceptors (Lipinski definition) is 5. The van der Waals surface area contributed by atoms with Gasteiger partial charge < -0.3 is 10.0 Å². The number of piperidine rings is 1. The fraction of sp³-hybridized carbons (Fsp3) is 0.294. The maximum atomic E-state index is 13.2. The van der Waals surface area contributed by atoms with Gasteiger partial charge in [0.25, 0.3) is 0 Å². The van der Waals surface area contributed by atoms with Crippen molar-refractivity contribution in [2.24, 2.45) is 0 Å². The molecule has 1 atom stereocenters. The summed E-state index contributed by atoms with van der Waals surface area (Å²) in [4.78, 5) is 22.0. The van der Waals surface area contributed by atoms with Crippen LogP contribution >= 0.6 is 0 Å². The summed E-state index contributed by atoms with van der Waals surface area (Å²) in [5, 5.41) is 14.5. The van der Waals surface area contributed by atoms with Crippen LogP contribution in [0, 0.1) is 5.82 Å². The molecule has 8 heteroatoms. The molecule has 128 valence electrons. The molecular weight excluding hydrogens is 325 g/mol. The van der Waals surface area contributed by atoms with Gasteiger partial charge in [0.2, 0.25) is 0 Å². The Balaban J connectivity index is 1.81.